The van der Waals surface area contributed by atoms with E-state index in [1.54, 1.807) is 19.1 Å². The number of hydrogen-bond donors (Lipinski definition) is 1. The van der Waals surface area contributed by atoms with Crippen LogP contribution < -0.4 is 5.14 Å². The minimum absolute atomic E-state index is 0.0255. The Kier molecular flexibility index (Phi) is 3.53. The summed E-state index contributed by atoms with van der Waals surface area (Å²) in [6.45, 7) is 3.27. The minimum Gasteiger partial charge on any atom is -0.294 e. The van der Waals surface area contributed by atoms with Crippen molar-refractivity contribution in [3.8, 4) is 10.6 Å². The number of carbonyl (C=O) groups excluding carboxylic acids is 1. The highest BCUT2D eigenvalue weighted by Crippen LogP contribution is 2.28. The lowest BCUT2D eigenvalue weighted by molar-refractivity contribution is 0.102. The number of Topliss-reactive ketones (excluding diaryl/α,β-unsaturated/α-hetero) is 1. The normalized spacial score (nSPS) is 11.5. The summed E-state index contributed by atoms with van der Waals surface area (Å²) in [7, 11) is -3.69. The van der Waals surface area contributed by atoms with Gasteiger partial charge in [0.1, 0.15) is 5.01 Å². The van der Waals surface area contributed by atoms with Crippen LogP contribution in [-0.4, -0.2) is 19.2 Å². The van der Waals surface area contributed by atoms with Crippen molar-refractivity contribution >= 4 is 27.1 Å². The van der Waals surface area contributed by atoms with Gasteiger partial charge < -0.3 is 0 Å². The van der Waals surface area contributed by atoms with Crippen LogP contribution in [0.5, 0.6) is 0 Å². The average Bonchev–Trinajstić information content (AvgIpc) is 2.70. The second-order valence-electron chi connectivity index (χ2n) is 4.06. The maximum atomic E-state index is 11.4. The fourth-order valence-electron chi connectivity index (χ4n) is 1.63. The third-order valence-electron chi connectivity index (χ3n) is 2.55. The van der Waals surface area contributed by atoms with Gasteiger partial charge in [0, 0.05) is 12.5 Å². The average molecular weight is 296 g/mol. The van der Waals surface area contributed by atoms with E-state index in [2.05, 4.69) is 4.98 Å². The topological polar surface area (TPSA) is 90.1 Å². The molecule has 0 radical (unpaired) electrons. The Bertz CT molecular complexity index is 731. The van der Waals surface area contributed by atoms with E-state index in [-0.39, 0.29) is 10.7 Å². The zero-order chi connectivity index (χ0) is 14.2. The summed E-state index contributed by atoms with van der Waals surface area (Å²) in [5.41, 5.74) is 1.44. The standard InChI is InChI=1S/C12H12N2O3S2/c1-7-11(8(2)15)18-12(14-7)9-3-5-10(6-4-9)19(13,16)17/h3-6H,1-2H3,(H2,13,16,17). The molecule has 5 nitrogen and oxygen atoms in total. The summed E-state index contributed by atoms with van der Waals surface area (Å²) in [4.78, 5) is 16.4. The van der Waals surface area contributed by atoms with Crippen LogP contribution in [-0.2, 0) is 10.0 Å². The quantitative estimate of drug-likeness (QED) is 0.877. The summed E-state index contributed by atoms with van der Waals surface area (Å²) >= 11 is 1.29. The number of aryl methyl sites for hydroxylation is 1. The van der Waals surface area contributed by atoms with Gasteiger partial charge in [-0.05, 0) is 19.1 Å². The highest BCUT2D eigenvalue weighted by Gasteiger charge is 2.13. The Balaban J connectivity index is 2.43. The molecule has 0 unspecified atom stereocenters. The molecule has 0 atom stereocenters. The van der Waals surface area contributed by atoms with E-state index in [1.807, 2.05) is 0 Å². The Morgan fingerprint density at radius 2 is 1.84 bits per heavy atom. The third-order valence-corrected chi connectivity index (χ3v) is 4.78. The van der Waals surface area contributed by atoms with Crippen LogP contribution in [0, 0.1) is 6.92 Å². The van der Waals surface area contributed by atoms with Gasteiger partial charge in [-0.2, -0.15) is 0 Å². The molecule has 2 N–H and O–H groups in total. The highest BCUT2D eigenvalue weighted by atomic mass is 32.2. The number of primary sulfonamides is 1. The SMILES string of the molecule is CC(=O)c1sc(-c2ccc(S(N)(=O)=O)cc2)nc1C. The third kappa shape index (κ3) is 2.89. The van der Waals surface area contributed by atoms with Gasteiger partial charge in [-0.25, -0.2) is 18.5 Å². The molecule has 1 aromatic carbocycles. The molecular weight excluding hydrogens is 284 g/mol. The molecule has 0 aliphatic heterocycles. The van der Waals surface area contributed by atoms with Gasteiger partial charge in [-0.3, -0.25) is 4.79 Å². The van der Waals surface area contributed by atoms with Crippen molar-refractivity contribution in [3.63, 3.8) is 0 Å². The second kappa shape index (κ2) is 4.84. The smallest absolute Gasteiger partial charge is 0.238 e. The molecule has 100 valence electrons. The zero-order valence-corrected chi connectivity index (χ0v) is 12.0. The van der Waals surface area contributed by atoms with Crippen LogP contribution >= 0.6 is 11.3 Å². The molecule has 0 fully saturated rings. The fourth-order valence-corrected chi connectivity index (χ4v) is 3.12. The molecule has 0 saturated carbocycles. The van der Waals surface area contributed by atoms with Gasteiger partial charge in [-0.15, -0.1) is 11.3 Å². The molecule has 1 aromatic heterocycles. The van der Waals surface area contributed by atoms with Gasteiger partial charge in [0.15, 0.2) is 5.78 Å². The molecule has 0 aliphatic rings. The molecule has 0 saturated heterocycles. The largest absolute Gasteiger partial charge is 0.294 e. The number of carbonyl (C=O) groups is 1. The predicted molar refractivity (Wildman–Crippen MR) is 73.7 cm³/mol. The summed E-state index contributed by atoms with van der Waals surface area (Å²) < 4.78 is 22.3. The summed E-state index contributed by atoms with van der Waals surface area (Å²) in [5, 5.41) is 5.71. The van der Waals surface area contributed by atoms with Gasteiger partial charge in [-0.1, -0.05) is 12.1 Å². The molecule has 2 aromatic rings. The van der Waals surface area contributed by atoms with E-state index >= 15 is 0 Å². The van der Waals surface area contributed by atoms with Crippen LogP contribution in [0.4, 0.5) is 0 Å². The first-order valence-corrected chi connectivity index (χ1v) is 7.77. The van der Waals surface area contributed by atoms with Gasteiger partial charge in [0.05, 0.1) is 15.5 Å². The minimum atomic E-state index is -3.69. The van der Waals surface area contributed by atoms with E-state index in [0.29, 0.717) is 15.6 Å². The molecule has 7 heteroatoms. The van der Waals surface area contributed by atoms with E-state index in [0.717, 1.165) is 5.56 Å². The molecule has 0 spiro atoms. The van der Waals surface area contributed by atoms with Crippen molar-refractivity contribution in [1.82, 2.24) is 4.98 Å². The van der Waals surface area contributed by atoms with Crippen molar-refractivity contribution in [3.05, 3.63) is 34.8 Å². The number of rotatable bonds is 3. The van der Waals surface area contributed by atoms with Gasteiger partial charge in [0.2, 0.25) is 10.0 Å². The number of benzene rings is 1. The summed E-state index contributed by atoms with van der Waals surface area (Å²) in [6.07, 6.45) is 0. The number of nitrogens with two attached hydrogens (primary N) is 1. The van der Waals surface area contributed by atoms with E-state index in [4.69, 9.17) is 5.14 Å². The number of nitrogens with zero attached hydrogens (tertiary/aromatic N) is 1. The fraction of sp³-hybridized carbons (Fsp3) is 0.167. The van der Waals surface area contributed by atoms with Crippen LogP contribution in [0.25, 0.3) is 10.6 Å². The van der Waals surface area contributed by atoms with Crippen molar-refractivity contribution in [2.75, 3.05) is 0 Å². The number of sulfonamides is 1. The summed E-state index contributed by atoms with van der Waals surface area (Å²) in [6, 6.07) is 6.10. The van der Waals surface area contributed by atoms with Crippen molar-refractivity contribution in [1.29, 1.82) is 0 Å². The number of thiazole rings is 1. The molecule has 0 amide bonds. The van der Waals surface area contributed by atoms with E-state index in [1.165, 1.54) is 30.4 Å². The van der Waals surface area contributed by atoms with Crippen LogP contribution in [0.2, 0.25) is 0 Å². The van der Waals surface area contributed by atoms with Crippen LogP contribution in [0.1, 0.15) is 22.3 Å². The van der Waals surface area contributed by atoms with Crippen LogP contribution in [0.15, 0.2) is 29.2 Å². The van der Waals surface area contributed by atoms with E-state index in [9.17, 15) is 13.2 Å². The van der Waals surface area contributed by atoms with Crippen molar-refractivity contribution < 1.29 is 13.2 Å². The maximum Gasteiger partial charge on any atom is 0.238 e. The number of aromatic nitrogens is 1. The molecule has 0 aliphatic carbocycles. The molecule has 0 bridgehead atoms. The lowest BCUT2D eigenvalue weighted by Gasteiger charge is -1.99. The first kappa shape index (κ1) is 13.9. The maximum absolute atomic E-state index is 11.4. The lowest BCUT2D eigenvalue weighted by atomic mass is 10.2. The highest BCUT2D eigenvalue weighted by molar-refractivity contribution is 7.89. The molecular formula is C12H12N2O3S2. The Morgan fingerprint density at radius 1 is 1.26 bits per heavy atom. The summed E-state index contributed by atoms with van der Waals surface area (Å²) in [5.74, 6) is -0.0255. The van der Waals surface area contributed by atoms with Crippen molar-refractivity contribution in [2.24, 2.45) is 5.14 Å². The van der Waals surface area contributed by atoms with Crippen molar-refractivity contribution in [2.45, 2.75) is 18.7 Å². The number of ketones is 1. The Labute approximate surface area is 115 Å². The van der Waals surface area contributed by atoms with E-state index < -0.39 is 10.0 Å². The molecule has 19 heavy (non-hydrogen) atoms. The Morgan fingerprint density at radius 3 is 2.26 bits per heavy atom. The first-order chi connectivity index (χ1) is 8.79. The monoisotopic (exact) mass is 296 g/mol. The first-order valence-electron chi connectivity index (χ1n) is 5.40. The zero-order valence-electron chi connectivity index (χ0n) is 10.4. The number of hydrogen-bond acceptors (Lipinski definition) is 5. The lowest BCUT2D eigenvalue weighted by Crippen LogP contribution is -2.11. The Hall–Kier alpha value is -1.57. The van der Waals surface area contributed by atoms with Gasteiger partial charge >= 0.3 is 0 Å². The predicted octanol–water partition coefficient (Wildman–Crippen LogP) is 1.97. The second-order valence-corrected chi connectivity index (χ2v) is 6.62. The molecule has 2 rings (SSSR count). The van der Waals surface area contributed by atoms with Crippen LogP contribution in [0.3, 0.4) is 0 Å². The van der Waals surface area contributed by atoms with Gasteiger partial charge in [0.25, 0.3) is 0 Å². The molecule has 1 heterocycles.